The average Bonchev–Trinajstić information content (AvgIpc) is 2.09. The van der Waals surface area contributed by atoms with Crippen molar-refractivity contribution < 1.29 is 19.4 Å². The van der Waals surface area contributed by atoms with E-state index in [-0.39, 0.29) is 13.2 Å². The van der Waals surface area contributed by atoms with Crippen LogP contribution in [0.1, 0.15) is 0 Å². The summed E-state index contributed by atoms with van der Waals surface area (Å²) in [5.74, 6) is 0.745. The van der Waals surface area contributed by atoms with E-state index in [0.717, 1.165) is 5.75 Å². The largest absolute Gasteiger partial charge is 0.508 e. The van der Waals surface area contributed by atoms with Crippen molar-refractivity contribution in [3.05, 3.63) is 0 Å². The van der Waals surface area contributed by atoms with Crippen LogP contribution in [0.25, 0.3) is 0 Å². The minimum Gasteiger partial charge on any atom is -0.433 e. The molecule has 0 aromatic heterocycles. The molecule has 0 bridgehead atoms. The topological polar surface area (TPSA) is 55.8 Å². The molecule has 0 aromatic rings. The highest BCUT2D eigenvalue weighted by Crippen LogP contribution is 2.15. The highest BCUT2D eigenvalue weighted by molar-refractivity contribution is 8.76. The lowest BCUT2D eigenvalue weighted by Crippen LogP contribution is -2.11. The maximum Gasteiger partial charge on any atom is 0.508 e. The van der Waals surface area contributed by atoms with Crippen LogP contribution in [0.3, 0.4) is 0 Å². The van der Waals surface area contributed by atoms with Gasteiger partial charge in [0.25, 0.3) is 0 Å². The van der Waals surface area contributed by atoms with Gasteiger partial charge in [0, 0.05) is 5.75 Å². The van der Waals surface area contributed by atoms with E-state index < -0.39 is 6.16 Å². The first-order chi connectivity index (χ1) is 5.81. The first-order valence-corrected chi connectivity index (χ1v) is 6.10. The van der Waals surface area contributed by atoms with Gasteiger partial charge in [-0.1, -0.05) is 21.6 Å². The van der Waals surface area contributed by atoms with Crippen molar-refractivity contribution in [2.75, 3.05) is 31.8 Å². The van der Waals surface area contributed by atoms with Crippen LogP contribution < -0.4 is 0 Å². The molecule has 0 unspecified atom stereocenters. The number of aliphatic hydroxyl groups excluding tert-OH is 1. The summed E-state index contributed by atoms with van der Waals surface area (Å²) in [6.45, 7) is 0.166. The van der Waals surface area contributed by atoms with Crippen molar-refractivity contribution in [2.24, 2.45) is 0 Å². The molecule has 0 radical (unpaired) electrons. The monoisotopic (exact) mass is 212 g/mol. The Kier molecular flexibility index (Phi) is 8.97. The molecule has 72 valence electrons. The maximum atomic E-state index is 10.6. The molecular formula is C6H12O4S2. The second-order valence-corrected chi connectivity index (χ2v) is 4.34. The van der Waals surface area contributed by atoms with Gasteiger partial charge in [-0.3, -0.25) is 0 Å². The van der Waals surface area contributed by atoms with Crippen molar-refractivity contribution in [3.8, 4) is 0 Å². The number of carbonyl (C=O) groups is 1. The summed E-state index contributed by atoms with van der Waals surface area (Å²) in [6.07, 6.45) is 1.24. The van der Waals surface area contributed by atoms with Gasteiger partial charge in [0.2, 0.25) is 0 Å². The number of aliphatic hydroxyl groups is 1. The summed E-state index contributed by atoms with van der Waals surface area (Å²) in [5.41, 5.74) is 0. The smallest absolute Gasteiger partial charge is 0.433 e. The molecule has 4 nitrogen and oxygen atoms in total. The second-order valence-electron chi connectivity index (χ2n) is 1.66. The van der Waals surface area contributed by atoms with Gasteiger partial charge in [-0.2, -0.15) is 0 Å². The first kappa shape index (κ1) is 11.9. The van der Waals surface area contributed by atoms with Crippen LogP contribution in [0.5, 0.6) is 0 Å². The fourth-order valence-corrected chi connectivity index (χ4v) is 1.44. The average molecular weight is 212 g/mol. The van der Waals surface area contributed by atoms with Gasteiger partial charge in [0.05, 0.1) is 6.61 Å². The third-order valence-corrected chi connectivity index (χ3v) is 2.59. The van der Waals surface area contributed by atoms with Gasteiger partial charge in [0.15, 0.2) is 0 Å². The molecule has 6 heteroatoms. The number of hydrogen-bond donors (Lipinski definition) is 1. The van der Waals surface area contributed by atoms with Crippen molar-refractivity contribution in [3.63, 3.8) is 0 Å². The van der Waals surface area contributed by atoms with Gasteiger partial charge < -0.3 is 14.6 Å². The summed E-state index contributed by atoms with van der Waals surface area (Å²) < 4.78 is 9.08. The zero-order valence-corrected chi connectivity index (χ0v) is 8.45. The van der Waals surface area contributed by atoms with E-state index in [2.05, 4.69) is 9.47 Å². The summed E-state index contributed by atoms with van der Waals surface area (Å²) >= 11 is 0. The molecule has 0 fully saturated rings. The second kappa shape index (κ2) is 9.02. The highest BCUT2D eigenvalue weighted by Gasteiger charge is 2.01. The van der Waals surface area contributed by atoms with Crippen molar-refractivity contribution >= 4 is 27.7 Å². The first-order valence-electron chi connectivity index (χ1n) is 3.37. The standard InChI is InChI=1S/C6H12O4S2/c1-11-12-5-4-10-6(8)9-3-2-7/h7H,2-5H2,1H3. The molecule has 0 saturated carbocycles. The lowest BCUT2D eigenvalue weighted by Gasteiger charge is -2.03. The molecule has 0 atom stereocenters. The summed E-state index contributed by atoms with van der Waals surface area (Å²) in [4.78, 5) is 10.6. The van der Waals surface area contributed by atoms with E-state index >= 15 is 0 Å². The van der Waals surface area contributed by atoms with Gasteiger partial charge in [-0.15, -0.1) is 0 Å². The predicted molar refractivity (Wildman–Crippen MR) is 50.4 cm³/mol. The molecule has 0 aliphatic heterocycles. The molecule has 0 rings (SSSR count). The van der Waals surface area contributed by atoms with E-state index in [4.69, 9.17) is 5.11 Å². The van der Waals surface area contributed by atoms with Crippen LogP contribution in [0.4, 0.5) is 4.79 Å². The summed E-state index contributed by atoms with van der Waals surface area (Å²) in [6, 6.07) is 0. The molecule has 0 aliphatic carbocycles. The summed E-state index contributed by atoms with van der Waals surface area (Å²) in [7, 11) is 3.22. The minimum absolute atomic E-state index is 0.00545. The maximum absolute atomic E-state index is 10.6. The SMILES string of the molecule is CSSCCOC(=O)OCCO. The Hall–Kier alpha value is -0.0700. The van der Waals surface area contributed by atoms with E-state index in [1.807, 2.05) is 6.26 Å². The van der Waals surface area contributed by atoms with Crippen LogP contribution in [-0.4, -0.2) is 43.1 Å². The number of carbonyl (C=O) groups excluding carboxylic acids is 1. The van der Waals surface area contributed by atoms with Crippen LogP contribution in [0, 0.1) is 0 Å². The molecule has 0 saturated heterocycles. The lowest BCUT2D eigenvalue weighted by molar-refractivity contribution is 0.0474. The van der Waals surface area contributed by atoms with E-state index in [0.29, 0.717) is 6.61 Å². The van der Waals surface area contributed by atoms with E-state index in [1.165, 1.54) is 0 Å². The Labute approximate surface area is 79.4 Å². The molecule has 0 amide bonds. The Morgan fingerprint density at radius 1 is 1.42 bits per heavy atom. The van der Waals surface area contributed by atoms with Gasteiger partial charge >= 0.3 is 6.16 Å². The lowest BCUT2D eigenvalue weighted by atomic mass is 10.8. The molecule has 1 N–H and O–H groups in total. The van der Waals surface area contributed by atoms with Crippen molar-refractivity contribution in [1.29, 1.82) is 0 Å². The third-order valence-electron chi connectivity index (χ3n) is 0.816. The normalized spacial score (nSPS) is 9.50. The molecular weight excluding hydrogens is 200 g/mol. The summed E-state index contributed by atoms with van der Waals surface area (Å²) in [5, 5.41) is 8.28. The van der Waals surface area contributed by atoms with Crippen LogP contribution in [0.2, 0.25) is 0 Å². The van der Waals surface area contributed by atoms with Gasteiger partial charge in [-0.25, -0.2) is 4.79 Å². The Morgan fingerprint density at radius 2 is 2.08 bits per heavy atom. The Balaban J connectivity index is 3.08. The van der Waals surface area contributed by atoms with Crippen LogP contribution in [-0.2, 0) is 9.47 Å². The molecule has 0 aromatic carbocycles. The Morgan fingerprint density at radius 3 is 2.67 bits per heavy atom. The Bertz CT molecular complexity index is 120. The predicted octanol–water partition coefficient (Wildman–Crippen LogP) is 1.14. The minimum atomic E-state index is -0.717. The molecule has 0 aliphatic rings. The third kappa shape index (κ3) is 8.03. The fraction of sp³-hybridized carbons (Fsp3) is 0.833. The van der Waals surface area contributed by atoms with Crippen LogP contribution >= 0.6 is 21.6 Å². The zero-order chi connectivity index (χ0) is 9.23. The molecule has 12 heavy (non-hydrogen) atoms. The number of rotatable bonds is 6. The number of ether oxygens (including phenoxy) is 2. The fourth-order valence-electron chi connectivity index (χ4n) is 0.413. The van der Waals surface area contributed by atoms with Gasteiger partial charge in [-0.05, 0) is 6.26 Å². The highest BCUT2D eigenvalue weighted by atomic mass is 33.1. The number of hydrogen-bond acceptors (Lipinski definition) is 6. The van der Waals surface area contributed by atoms with Gasteiger partial charge in [0.1, 0.15) is 13.2 Å². The van der Waals surface area contributed by atoms with Crippen molar-refractivity contribution in [1.82, 2.24) is 0 Å². The quantitative estimate of drug-likeness (QED) is 0.405. The molecule has 0 heterocycles. The van der Waals surface area contributed by atoms with Crippen LogP contribution in [0.15, 0.2) is 0 Å². The zero-order valence-electron chi connectivity index (χ0n) is 6.82. The van der Waals surface area contributed by atoms with Crippen molar-refractivity contribution in [2.45, 2.75) is 0 Å². The van der Waals surface area contributed by atoms with E-state index in [9.17, 15) is 4.79 Å². The van der Waals surface area contributed by atoms with E-state index in [1.54, 1.807) is 21.6 Å². The molecule has 0 spiro atoms.